The van der Waals surface area contributed by atoms with Gasteiger partial charge >= 0.3 is 6.18 Å². The van der Waals surface area contributed by atoms with Crippen LogP contribution in [0.5, 0.6) is 0 Å². The summed E-state index contributed by atoms with van der Waals surface area (Å²) in [6, 6.07) is 0. The maximum absolute atomic E-state index is 11.9. The highest BCUT2D eigenvalue weighted by molar-refractivity contribution is 7.15. The van der Waals surface area contributed by atoms with E-state index in [4.69, 9.17) is 0 Å². The van der Waals surface area contributed by atoms with Gasteiger partial charge in [-0.05, 0) is 0 Å². The molecule has 1 amide bonds. The standard InChI is InChI=1S/C5H3F3N2O2S/c6-5(7,8)2-1-9-3(13-2)10-4(11)12/h1H,(H,9,10)(H,11,12)/p-1. The number of nitrogens with one attached hydrogen (secondary N) is 1. The molecule has 4 nitrogen and oxygen atoms in total. The third-order valence-electron chi connectivity index (χ3n) is 0.994. The van der Waals surface area contributed by atoms with E-state index in [1.165, 1.54) is 0 Å². The zero-order valence-corrected chi connectivity index (χ0v) is 6.70. The maximum Gasteiger partial charge on any atom is 0.427 e. The van der Waals surface area contributed by atoms with Crippen LogP contribution in [0.1, 0.15) is 4.88 Å². The molecule has 0 unspecified atom stereocenters. The van der Waals surface area contributed by atoms with Gasteiger partial charge in [0.1, 0.15) is 11.0 Å². The van der Waals surface area contributed by atoms with E-state index in [1.54, 1.807) is 5.32 Å². The van der Waals surface area contributed by atoms with Crippen LogP contribution in [0, 0.1) is 0 Å². The Labute approximate surface area is 74.0 Å². The van der Waals surface area contributed by atoms with E-state index in [0.29, 0.717) is 6.20 Å². The van der Waals surface area contributed by atoms with Crippen LogP contribution in [-0.2, 0) is 6.18 Å². The fourth-order valence-electron chi connectivity index (χ4n) is 0.550. The molecule has 13 heavy (non-hydrogen) atoms. The van der Waals surface area contributed by atoms with Gasteiger partial charge in [0.05, 0.1) is 6.20 Å². The van der Waals surface area contributed by atoms with Gasteiger partial charge in [0.2, 0.25) is 0 Å². The van der Waals surface area contributed by atoms with E-state index in [9.17, 15) is 23.1 Å². The van der Waals surface area contributed by atoms with Crippen LogP contribution < -0.4 is 10.4 Å². The first kappa shape index (κ1) is 9.78. The molecule has 0 saturated carbocycles. The summed E-state index contributed by atoms with van der Waals surface area (Å²) < 4.78 is 35.8. The number of carboxylic acid groups (broad SMARTS) is 1. The lowest BCUT2D eigenvalue weighted by Crippen LogP contribution is -2.28. The van der Waals surface area contributed by atoms with Crippen molar-refractivity contribution in [3.05, 3.63) is 11.1 Å². The molecule has 1 heterocycles. The normalized spacial score (nSPS) is 11.3. The maximum atomic E-state index is 11.9. The van der Waals surface area contributed by atoms with E-state index in [0.717, 1.165) is 0 Å². The number of hydrogen-bond acceptors (Lipinski definition) is 4. The lowest BCUT2D eigenvalue weighted by Gasteiger charge is -2.01. The average molecular weight is 211 g/mol. The van der Waals surface area contributed by atoms with Crippen molar-refractivity contribution in [1.82, 2.24) is 4.98 Å². The Hall–Kier alpha value is -1.31. The van der Waals surface area contributed by atoms with E-state index in [1.807, 2.05) is 0 Å². The smallest absolute Gasteiger partial charge is 0.427 e. The molecule has 1 aromatic heterocycles. The molecule has 0 radical (unpaired) electrons. The fourth-order valence-corrected chi connectivity index (χ4v) is 1.22. The number of alkyl halides is 3. The van der Waals surface area contributed by atoms with Gasteiger partial charge < -0.3 is 15.2 Å². The highest BCUT2D eigenvalue weighted by atomic mass is 32.1. The summed E-state index contributed by atoms with van der Waals surface area (Å²) in [6.07, 6.45) is -5.64. The second-order valence-corrected chi connectivity index (χ2v) is 2.97. The number of thiazole rings is 1. The first-order valence-corrected chi connectivity index (χ1v) is 3.72. The first-order valence-electron chi connectivity index (χ1n) is 2.90. The number of hydrogen-bond donors (Lipinski definition) is 1. The number of halogens is 3. The molecule has 0 saturated heterocycles. The van der Waals surface area contributed by atoms with Crippen molar-refractivity contribution < 1.29 is 23.1 Å². The van der Waals surface area contributed by atoms with Crippen molar-refractivity contribution in [3.8, 4) is 0 Å². The Morgan fingerprint density at radius 2 is 2.23 bits per heavy atom. The Balaban J connectivity index is 2.81. The predicted molar refractivity (Wildman–Crippen MR) is 36.1 cm³/mol. The summed E-state index contributed by atoms with van der Waals surface area (Å²) in [5.74, 6) is 0. The van der Waals surface area contributed by atoms with Crippen LogP contribution in [0.3, 0.4) is 0 Å². The SMILES string of the molecule is O=C([O-])Nc1ncc(C(F)(F)F)s1. The van der Waals surface area contributed by atoms with E-state index in [2.05, 4.69) is 4.98 Å². The predicted octanol–water partition coefficient (Wildman–Crippen LogP) is 0.917. The molecule has 0 fully saturated rings. The minimum atomic E-state index is -4.50. The first-order chi connectivity index (χ1) is 5.89. The molecule has 0 atom stereocenters. The number of aromatic nitrogens is 1. The Kier molecular flexibility index (Phi) is 2.41. The zero-order valence-electron chi connectivity index (χ0n) is 5.88. The molecule has 0 aromatic carbocycles. The molecular weight excluding hydrogens is 209 g/mol. The van der Waals surface area contributed by atoms with Crippen LogP contribution in [0.4, 0.5) is 23.1 Å². The van der Waals surface area contributed by atoms with Gasteiger partial charge in [-0.15, -0.1) is 0 Å². The van der Waals surface area contributed by atoms with E-state index >= 15 is 0 Å². The van der Waals surface area contributed by atoms with E-state index in [-0.39, 0.29) is 16.5 Å². The summed E-state index contributed by atoms with van der Waals surface area (Å²) >= 11 is 0.200. The van der Waals surface area contributed by atoms with Crippen LogP contribution in [-0.4, -0.2) is 11.1 Å². The number of amides is 1. The van der Waals surface area contributed by atoms with Crippen LogP contribution in [0.25, 0.3) is 0 Å². The highest BCUT2D eigenvalue weighted by Gasteiger charge is 2.33. The van der Waals surface area contributed by atoms with Gasteiger partial charge in [0, 0.05) is 0 Å². The van der Waals surface area contributed by atoms with Gasteiger partial charge in [0.25, 0.3) is 0 Å². The average Bonchev–Trinajstić information content (AvgIpc) is 2.32. The molecule has 8 heteroatoms. The zero-order chi connectivity index (χ0) is 10.1. The monoisotopic (exact) mass is 211 g/mol. The number of nitrogens with zero attached hydrogens (tertiary/aromatic N) is 1. The van der Waals surface area contributed by atoms with Gasteiger partial charge in [-0.1, -0.05) is 11.3 Å². The third kappa shape index (κ3) is 2.58. The number of carbonyl (C=O) groups excluding carboxylic acids is 1. The molecular formula is C5H2F3N2O2S-. The van der Waals surface area contributed by atoms with Gasteiger partial charge in [-0.2, -0.15) is 13.2 Å². The molecule has 0 aliphatic carbocycles. The molecule has 0 aliphatic heterocycles. The molecule has 1 N–H and O–H groups in total. The molecule has 0 aliphatic rings. The third-order valence-corrected chi connectivity index (χ3v) is 1.95. The topological polar surface area (TPSA) is 65.0 Å². The second kappa shape index (κ2) is 3.21. The van der Waals surface area contributed by atoms with Crippen molar-refractivity contribution in [2.45, 2.75) is 6.18 Å². The van der Waals surface area contributed by atoms with Crippen LogP contribution in [0.15, 0.2) is 6.20 Å². The fraction of sp³-hybridized carbons (Fsp3) is 0.200. The molecule has 1 rings (SSSR count). The van der Waals surface area contributed by atoms with Crippen molar-refractivity contribution in [2.75, 3.05) is 5.32 Å². The number of rotatable bonds is 1. The summed E-state index contributed by atoms with van der Waals surface area (Å²) in [6.45, 7) is 0. The quantitative estimate of drug-likeness (QED) is 0.751. The highest BCUT2D eigenvalue weighted by Crippen LogP contribution is 2.34. The van der Waals surface area contributed by atoms with Crippen molar-refractivity contribution in [3.63, 3.8) is 0 Å². The van der Waals surface area contributed by atoms with E-state index < -0.39 is 17.1 Å². The van der Waals surface area contributed by atoms with Gasteiger partial charge in [-0.25, -0.2) is 4.98 Å². The van der Waals surface area contributed by atoms with Gasteiger partial charge in [0.15, 0.2) is 5.13 Å². The summed E-state index contributed by atoms with van der Waals surface area (Å²) in [5.41, 5.74) is 0. The largest absolute Gasteiger partial charge is 0.530 e. The molecule has 1 aromatic rings. The Morgan fingerprint density at radius 3 is 2.62 bits per heavy atom. The van der Waals surface area contributed by atoms with Crippen LogP contribution in [0.2, 0.25) is 0 Å². The van der Waals surface area contributed by atoms with Crippen LogP contribution >= 0.6 is 11.3 Å². The minimum absolute atomic E-state index is 0.200. The number of anilines is 1. The Morgan fingerprint density at radius 1 is 1.62 bits per heavy atom. The lowest BCUT2D eigenvalue weighted by molar-refractivity contribution is -0.242. The van der Waals surface area contributed by atoms with Gasteiger partial charge in [-0.3, -0.25) is 0 Å². The lowest BCUT2D eigenvalue weighted by atomic mass is 10.5. The van der Waals surface area contributed by atoms with Crippen molar-refractivity contribution >= 4 is 22.6 Å². The molecule has 0 bridgehead atoms. The Bertz CT molecular complexity index is 322. The summed E-state index contributed by atoms with van der Waals surface area (Å²) in [5, 5.41) is 11.1. The molecule has 0 spiro atoms. The minimum Gasteiger partial charge on any atom is -0.530 e. The number of carbonyl (C=O) groups is 1. The summed E-state index contributed by atoms with van der Waals surface area (Å²) in [4.78, 5) is 12.1. The summed E-state index contributed by atoms with van der Waals surface area (Å²) in [7, 11) is 0. The van der Waals surface area contributed by atoms with Crippen molar-refractivity contribution in [2.24, 2.45) is 0 Å². The van der Waals surface area contributed by atoms with Crippen molar-refractivity contribution in [1.29, 1.82) is 0 Å². The second-order valence-electron chi connectivity index (χ2n) is 1.94. The molecule has 72 valence electrons.